The quantitative estimate of drug-likeness (QED) is 0.208. The van der Waals surface area contributed by atoms with E-state index in [9.17, 15) is 10.2 Å². The number of hydrogen-bond acceptors (Lipinski definition) is 2. The van der Waals surface area contributed by atoms with Crippen molar-refractivity contribution >= 4 is 10.8 Å². The third-order valence-electron chi connectivity index (χ3n) is 9.72. The van der Waals surface area contributed by atoms with Crippen LogP contribution in [-0.2, 0) is 17.6 Å². The summed E-state index contributed by atoms with van der Waals surface area (Å²) < 4.78 is 0. The Morgan fingerprint density at radius 2 is 0.826 bits per heavy atom. The zero-order valence-electron chi connectivity index (χ0n) is 25.7. The molecular formula is C44H34O2. The van der Waals surface area contributed by atoms with Crippen LogP contribution in [0.2, 0.25) is 0 Å². The van der Waals surface area contributed by atoms with Gasteiger partial charge in [0, 0.05) is 11.1 Å². The first-order valence-electron chi connectivity index (χ1n) is 16.0. The Balaban J connectivity index is 1.71. The number of fused-ring (bicyclic) bond motifs is 3. The molecule has 8 rings (SSSR count). The van der Waals surface area contributed by atoms with Gasteiger partial charge in [-0.15, -0.1) is 0 Å². The number of hydrogen-bond donors (Lipinski definition) is 2. The van der Waals surface area contributed by atoms with E-state index in [1.807, 2.05) is 103 Å². The molecule has 0 aromatic heterocycles. The molecule has 2 nitrogen and oxygen atoms in total. The number of benzene rings is 7. The van der Waals surface area contributed by atoms with E-state index in [2.05, 4.69) is 67.6 Å². The second kappa shape index (κ2) is 11.0. The molecule has 7 aromatic rings. The minimum atomic E-state index is -1.59. The van der Waals surface area contributed by atoms with Crippen LogP contribution in [0.25, 0.3) is 33.0 Å². The summed E-state index contributed by atoms with van der Waals surface area (Å²) in [5.41, 5.74) is 6.01. The predicted octanol–water partition coefficient (Wildman–Crippen LogP) is 9.62. The molecule has 222 valence electrons. The third kappa shape index (κ3) is 4.04. The van der Waals surface area contributed by atoms with Gasteiger partial charge in [-0.2, -0.15) is 0 Å². The zero-order chi connectivity index (χ0) is 31.3. The molecule has 2 heteroatoms. The molecule has 0 spiro atoms. The van der Waals surface area contributed by atoms with Crippen molar-refractivity contribution in [3.05, 3.63) is 203 Å². The van der Waals surface area contributed by atoms with Crippen LogP contribution in [0.4, 0.5) is 0 Å². The molecule has 0 aliphatic heterocycles. The zero-order valence-corrected chi connectivity index (χ0v) is 25.7. The van der Waals surface area contributed by atoms with Crippen LogP contribution in [-0.4, -0.2) is 10.2 Å². The normalized spacial score (nSPS) is 18.6. The molecule has 2 atom stereocenters. The molecule has 0 saturated carbocycles. The topological polar surface area (TPSA) is 40.5 Å². The molecule has 46 heavy (non-hydrogen) atoms. The lowest BCUT2D eigenvalue weighted by Gasteiger charge is -2.48. The summed E-state index contributed by atoms with van der Waals surface area (Å²) in [5, 5.41) is 29.6. The molecule has 1 aliphatic rings. The maximum Gasteiger partial charge on any atom is 0.142 e. The molecule has 0 radical (unpaired) electrons. The van der Waals surface area contributed by atoms with Gasteiger partial charge in [0.15, 0.2) is 0 Å². The van der Waals surface area contributed by atoms with Crippen LogP contribution in [0, 0.1) is 0 Å². The number of rotatable bonds is 5. The Morgan fingerprint density at radius 3 is 1.26 bits per heavy atom. The first-order chi connectivity index (χ1) is 22.6. The molecule has 0 bridgehead atoms. The van der Waals surface area contributed by atoms with Crippen molar-refractivity contribution in [2.24, 2.45) is 0 Å². The van der Waals surface area contributed by atoms with Crippen molar-refractivity contribution in [2.75, 3.05) is 0 Å². The Kier molecular flexibility index (Phi) is 6.72. The van der Waals surface area contributed by atoms with Crippen LogP contribution < -0.4 is 0 Å². The Hall–Kier alpha value is -5.28. The molecule has 2 unspecified atom stereocenters. The smallest absolute Gasteiger partial charge is 0.142 e. The highest BCUT2D eigenvalue weighted by atomic mass is 16.3. The van der Waals surface area contributed by atoms with Crippen LogP contribution in [0.5, 0.6) is 0 Å². The molecular weight excluding hydrogens is 560 g/mol. The monoisotopic (exact) mass is 594 g/mol. The molecule has 0 amide bonds. The first-order valence-corrected chi connectivity index (χ1v) is 16.0. The fourth-order valence-corrected chi connectivity index (χ4v) is 7.63. The van der Waals surface area contributed by atoms with Crippen molar-refractivity contribution in [1.82, 2.24) is 0 Å². The third-order valence-corrected chi connectivity index (χ3v) is 9.72. The van der Waals surface area contributed by atoms with Gasteiger partial charge in [0.05, 0.1) is 0 Å². The lowest BCUT2D eigenvalue weighted by atomic mass is 9.59. The van der Waals surface area contributed by atoms with E-state index < -0.39 is 11.2 Å². The standard InChI is InChI=1S/C44H34O2/c1-2-30-27-28-37-38(29-30)44(46,34-23-13-6-14-24-34)42-40(32-19-9-4-10-20-32)36-26-16-15-25-35(36)39(31-17-7-3-8-18-31)41(42)43(37,45)33-21-11-5-12-22-33/h3-29,45-46H,2H2,1H3. The van der Waals surface area contributed by atoms with Gasteiger partial charge < -0.3 is 10.2 Å². The lowest BCUT2D eigenvalue weighted by Crippen LogP contribution is -2.45. The molecule has 7 aromatic carbocycles. The van der Waals surface area contributed by atoms with Gasteiger partial charge in [0.2, 0.25) is 0 Å². The minimum absolute atomic E-state index is 0.682. The van der Waals surface area contributed by atoms with E-state index in [-0.39, 0.29) is 0 Å². The van der Waals surface area contributed by atoms with Crippen LogP contribution in [0.3, 0.4) is 0 Å². The van der Waals surface area contributed by atoms with E-state index in [4.69, 9.17) is 0 Å². The van der Waals surface area contributed by atoms with Gasteiger partial charge in [-0.25, -0.2) is 0 Å². The van der Waals surface area contributed by atoms with Gasteiger partial charge in [-0.1, -0.05) is 171 Å². The Labute approximate surface area is 269 Å². The van der Waals surface area contributed by atoms with Crippen LogP contribution in [0.15, 0.2) is 164 Å². The summed E-state index contributed by atoms with van der Waals surface area (Å²) in [7, 11) is 0. The second-order valence-corrected chi connectivity index (χ2v) is 12.2. The van der Waals surface area contributed by atoms with E-state index in [0.29, 0.717) is 22.3 Å². The highest BCUT2D eigenvalue weighted by Gasteiger charge is 2.54. The summed E-state index contributed by atoms with van der Waals surface area (Å²) in [6.07, 6.45) is 0.799. The van der Waals surface area contributed by atoms with Gasteiger partial charge in [-0.3, -0.25) is 0 Å². The lowest BCUT2D eigenvalue weighted by molar-refractivity contribution is 0.0758. The van der Waals surface area contributed by atoms with Gasteiger partial charge in [0.1, 0.15) is 11.2 Å². The summed E-state index contributed by atoms with van der Waals surface area (Å²) >= 11 is 0. The largest absolute Gasteiger partial charge is 0.376 e. The van der Waals surface area contributed by atoms with E-state index in [0.717, 1.165) is 56.1 Å². The Morgan fingerprint density at radius 1 is 0.435 bits per heavy atom. The summed E-state index contributed by atoms with van der Waals surface area (Å²) in [6, 6.07) is 55.1. The minimum Gasteiger partial charge on any atom is -0.376 e. The average molecular weight is 595 g/mol. The number of aliphatic hydroxyl groups is 2. The van der Waals surface area contributed by atoms with E-state index >= 15 is 0 Å². The molecule has 2 N–H and O–H groups in total. The van der Waals surface area contributed by atoms with Crippen LogP contribution in [0.1, 0.15) is 45.9 Å². The number of aryl methyl sites for hydroxylation is 1. The summed E-state index contributed by atoms with van der Waals surface area (Å²) in [5.74, 6) is 0. The van der Waals surface area contributed by atoms with Gasteiger partial charge in [0.25, 0.3) is 0 Å². The molecule has 0 saturated heterocycles. The molecule has 1 aliphatic carbocycles. The highest BCUT2D eigenvalue weighted by molar-refractivity contribution is 6.09. The second-order valence-electron chi connectivity index (χ2n) is 12.2. The van der Waals surface area contributed by atoms with Crippen molar-refractivity contribution in [3.63, 3.8) is 0 Å². The first kappa shape index (κ1) is 28.2. The fourth-order valence-electron chi connectivity index (χ4n) is 7.63. The molecule has 0 fully saturated rings. The maximum absolute atomic E-state index is 13.8. The van der Waals surface area contributed by atoms with Crippen molar-refractivity contribution in [3.8, 4) is 22.3 Å². The average Bonchev–Trinajstić information content (AvgIpc) is 3.14. The summed E-state index contributed by atoms with van der Waals surface area (Å²) in [4.78, 5) is 0. The van der Waals surface area contributed by atoms with Crippen molar-refractivity contribution < 1.29 is 10.2 Å². The molecule has 0 heterocycles. The van der Waals surface area contributed by atoms with Crippen molar-refractivity contribution in [2.45, 2.75) is 24.5 Å². The summed E-state index contributed by atoms with van der Waals surface area (Å²) in [6.45, 7) is 2.12. The maximum atomic E-state index is 13.8. The van der Waals surface area contributed by atoms with E-state index in [1.165, 1.54) is 0 Å². The van der Waals surface area contributed by atoms with Gasteiger partial charge >= 0.3 is 0 Å². The predicted molar refractivity (Wildman–Crippen MR) is 188 cm³/mol. The van der Waals surface area contributed by atoms with Crippen molar-refractivity contribution in [1.29, 1.82) is 0 Å². The Bertz CT molecular complexity index is 2190. The fraction of sp³-hybridized carbons (Fsp3) is 0.0909. The van der Waals surface area contributed by atoms with E-state index in [1.54, 1.807) is 0 Å². The van der Waals surface area contributed by atoms with Crippen LogP contribution >= 0.6 is 0 Å². The SMILES string of the molecule is CCc1ccc2c(c1)C(O)(c1ccccc1)c1c(c(-c3ccccc3)c3ccccc3c1-c1ccccc1)C2(O)c1ccccc1. The highest BCUT2D eigenvalue weighted by Crippen LogP contribution is 2.60. The van der Waals surface area contributed by atoms with Gasteiger partial charge in [-0.05, 0) is 67.3 Å².